The Hall–Kier alpha value is -1.22. The van der Waals surface area contributed by atoms with E-state index >= 15 is 0 Å². The second-order valence-corrected chi connectivity index (χ2v) is 6.32. The molecule has 1 aromatic rings. The van der Waals surface area contributed by atoms with Gasteiger partial charge in [-0.25, -0.2) is 0 Å². The van der Waals surface area contributed by atoms with E-state index in [2.05, 4.69) is 36.8 Å². The van der Waals surface area contributed by atoms with Crippen molar-refractivity contribution in [2.24, 2.45) is 11.3 Å². The van der Waals surface area contributed by atoms with Gasteiger partial charge in [0.1, 0.15) is 5.78 Å². The van der Waals surface area contributed by atoms with Crippen LogP contribution >= 0.6 is 0 Å². The van der Waals surface area contributed by atoms with Crippen molar-refractivity contribution in [2.75, 3.05) is 20.1 Å². The average molecular weight is 260 g/mol. The maximum Gasteiger partial charge on any atom is 0.142 e. The van der Waals surface area contributed by atoms with Crippen LogP contribution in [0.1, 0.15) is 32.4 Å². The highest BCUT2D eigenvalue weighted by Gasteiger charge is 2.40. The van der Waals surface area contributed by atoms with Crippen LogP contribution in [-0.4, -0.2) is 35.8 Å². The largest absolute Gasteiger partial charge is 0.305 e. The molecule has 104 valence electrons. The number of carbonyl (C=O) groups is 1. The molecule has 1 saturated carbocycles. The third kappa shape index (κ3) is 3.63. The lowest BCUT2D eigenvalue weighted by molar-refractivity contribution is -0.127. The van der Waals surface area contributed by atoms with E-state index in [9.17, 15) is 4.79 Å². The number of pyridine rings is 1. The summed E-state index contributed by atoms with van der Waals surface area (Å²) in [5.74, 6) is 0.668. The number of hydrogen-bond donors (Lipinski definition) is 0. The number of carbonyl (C=O) groups excluding carboxylic acids is 1. The Morgan fingerprint density at radius 2 is 2.21 bits per heavy atom. The minimum Gasteiger partial charge on any atom is -0.305 e. The number of Topliss-reactive ketones (excluding diaryl/α,β-unsaturated/α-hetero) is 1. The molecule has 1 unspecified atom stereocenters. The summed E-state index contributed by atoms with van der Waals surface area (Å²) in [5, 5.41) is 0. The molecular formula is C16H24N2O. The molecule has 0 bridgehead atoms. The van der Waals surface area contributed by atoms with Crippen LogP contribution in [0.4, 0.5) is 0 Å². The topological polar surface area (TPSA) is 33.2 Å². The highest BCUT2D eigenvalue weighted by atomic mass is 16.1. The molecule has 0 radical (unpaired) electrons. The summed E-state index contributed by atoms with van der Waals surface area (Å²) >= 11 is 0. The number of aromatic nitrogens is 1. The van der Waals surface area contributed by atoms with Crippen LogP contribution in [0.2, 0.25) is 0 Å². The molecule has 1 aliphatic rings. The second-order valence-electron chi connectivity index (χ2n) is 6.32. The van der Waals surface area contributed by atoms with Crippen LogP contribution in [0.15, 0.2) is 24.4 Å². The summed E-state index contributed by atoms with van der Waals surface area (Å²) in [7, 11) is 2.10. The lowest BCUT2D eigenvalue weighted by Crippen LogP contribution is -2.32. The Labute approximate surface area is 116 Å². The Kier molecular flexibility index (Phi) is 4.35. The zero-order chi connectivity index (χ0) is 13.9. The number of rotatable bonds is 5. The van der Waals surface area contributed by atoms with Crippen LogP contribution in [0.25, 0.3) is 0 Å². The molecule has 1 heterocycles. The van der Waals surface area contributed by atoms with E-state index in [1.54, 1.807) is 0 Å². The Bertz CT molecular complexity index is 428. The van der Waals surface area contributed by atoms with Crippen molar-refractivity contribution >= 4 is 5.78 Å². The molecule has 0 saturated heterocycles. The van der Waals surface area contributed by atoms with Crippen molar-refractivity contribution < 1.29 is 4.79 Å². The van der Waals surface area contributed by atoms with E-state index in [0.29, 0.717) is 5.78 Å². The fraction of sp³-hybridized carbons (Fsp3) is 0.625. The van der Waals surface area contributed by atoms with E-state index < -0.39 is 0 Å². The van der Waals surface area contributed by atoms with Gasteiger partial charge in [-0.2, -0.15) is 0 Å². The molecule has 0 spiro atoms. The van der Waals surface area contributed by atoms with Gasteiger partial charge in [-0.15, -0.1) is 0 Å². The van der Waals surface area contributed by atoms with E-state index in [1.807, 2.05) is 18.3 Å². The van der Waals surface area contributed by atoms with Crippen molar-refractivity contribution in [3.63, 3.8) is 0 Å². The Balaban J connectivity index is 1.79. The fourth-order valence-electron chi connectivity index (χ4n) is 2.84. The van der Waals surface area contributed by atoms with Crippen LogP contribution in [0.5, 0.6) is 0 Å². The molecule has 0 aliphatic heterocycles. The monoisotopic (exact) mass is 260 g/mol. The molecule has 1 aromatic heterocycles. The molecular weight excluding hydrogens is 236 g/mol. The Morgan fingerprint density at radius 1 is 1.42 bits per heavy atom. The average Bonchev–Trinajstić information content (AvgIpc) is 2.65. The zero-order valence-electron chi connectivity index (χ0n) is 12.2. The molecule has 2 rings (SSSR count). The number of likely N-dealkylation sites (N-methyl/N-ethyl adjacent to an activating group) is 1. The minimum atomic E-state index is -0.105. The third-order valence-corrected chi connectivity index (χ3v) is 4.16. The van der Waals surface area contributed by atoms with Gasteiger partial charge in [-0.1, -0.05) is 19.9 Å². The fourth-order valence-corrected chi connectivity index (χ4v) is 2.84. The molecule has 0 amide bonds. The first kappa shape index (κ1) is 14.2. The van der Waals surface area contributed by atoms with Crippen LogP contribution in [0, 0.1) is 11.3 Å². The van der Waals surface area contributed by atoms with Crippen LogP contribution < -0.4 is 0 Å². The predicted molar refractivity (Wildman–Crippen MR) is 77.0 cm³/mol. The molecule has 3 nitrogen and oxygen atoms in total. The molecule has 1 aliphatic carbocycles. The minimum absolute atomic E-state index is 0.105. The standard InChI is InChI=1S/C16H24N2O/c1-16(2)9-7-13(15(16)19)12-18(3)11-8-14-6-4-5-10-17-14/h4-6,10,13H,7-9,11-12H2,1-3H3. The van der Waals surface area contributed by atoms with Crippen molar-refractivity contribution in [2.45, 2.75) is 33.1 Å². The van der Waals surface area contributed by atoms with Gasteiger partial charge in [0, 0.05) is 42.7 Å². The maximum absolute atomic E-state index is 12.2. The van der Waals surface area contributed by atoms with Gasteiger partial charge >= 0.3 is 0 Å². The first-order valence-electron chi connectivity index (χ1n) is 7.12. The SMILES string of the molecule is CN(CCc1ccccn1)CC1CCC(C)(C)C1=O. The van der Waals surface area contributed by atoms with Gasteiger partial charge in [-0.05, 0) is 32.0 Å². The summed E-state index contributed by atoms with van der Waals surface area (Å²) in [4.78, 5) is 18.8. The lowest BCUT2D eigenvalue weighted by atomic mass is 9.89. The summed E-state index contributed by atoms with van der Waals surface area (Å²) < 4.78 is 0. The molecule has 1 fully saturated rings. The summed E-state index contributed by atoms with van der Waals surface area (Å²) in [6.07, 6.45) is 4.85. The number of hydrogen-bond acceptors (Lipinski definition) is 3. The molecule has 0 N–H and O–H groups in total. The molecule has 3 heteroatoms. The van der Waals surface area contributed by atoms with E-state index in [-0.39, 0.29) is 11.3 Å². The van der Waals surface area contributed by atoms with Crippen LogP contribution in [-0.2, 0) is 11.2 Å². The zero-order valence-corrected chi connectivity index (χ0v) is 12.2. The van der Waals surface area contributed by atoms with Gasteiger partial charge in [0.05, 0.1) is 0 Å². The van der Waals surface area contributed by atoms with Crippen molar-refractivity contribution in [1.82, 2.24) is 9.88 Å². The lowest BCUT2D eigenvalue weighted by Gasteiger charge is -2.21. The van der Waals surface area contributed by atoms with Gasteiger partial charge < -0.3 is 4.90 Å². The van der Waals surface area contributed by atoms with E-state index in [4.69, 9.17) is 0 Å². The van der Waals surface area contributed by atoms with Gasteiger partial charge in [0.25, 0.3) is 0 Å². The van der Waals surface area contributed by atoms with Crippen molar-refractivity contribution in [3.8, 4) is 0 Å². The molecule has 1 atom stereocenters. The second kappa shape index (κ2) is 5.83. The molecule has 0 aromatic carbocycles. The van der Waals surface area contributed by atoms with Gasteiger partial charge in [0.15, 0.2) is 0 Å². The van der Waals surface area contributed by atoms with Gasteiger partial charge in [-0.3, -0.25) is 9.78 Å². The summed E-state index contributed by atoms with van der Waals surface area (Å²) in [6.45, 7) is 5.99. The predicted octanol–water partition coefficient (Wildman–Crippen LogP) is 2.56. The summed E-state index contributed by atoms with van der Waals surface area (Å²) in [5.41, 5.74) is 1.01. The smallest absolute Gasteiger partial charge is 0.142 e. The van der Waals surface area contributed by atoms with Gasteiger partial charge in [0.2, 0.25) is 0 Å². The van der Waals surface area contributed by atoms with Crippen LogP contribution in [0.3, 0.4) is 0 Å². The van der Waals surface area contributed by atoms with E-state index in [0.717, 1.165) is 38.0 Å². The first-order chi connectivity index (χ1) is 8.99. The quantitative estimate of drug-likeness (QED) is 0.816. The highest BCUT2D eigenvalue weighted by molar-refractivity contribution is 5.88. The van der Waals surface area contributed by atoms with Crippen molar-refractivity contribution in [1.29, 1.82) is 0 Å². The third-order valence-electron chi connectivity index (χ3n) is 4.16. The van der Waals surface area contributed by atoms with Crippen molar-refractivity contribution in [3.05, 3.63) is 30.1 Å². The normalized spacial score (nSPS) is 22.1. The number of ketones is 1. The summed E-state index contributed by atoms with van der Waals surface area (Å²) in [6, 6.07) is 6.01. The number of nitrogens with zero attached hydrogens (tertiary/aromatic N) is 2. The Morgan fingerprint density at radius 3 is 2.79 bits per heavy atom. The molecule has 19 heavy (non-hydrogen) atoms. The highest BCUT2D eigenvalue weighted by Crippen LogP contribution is 2.37. The first-order valence-corrected chi connectivity index (χ1v) is 7.12. The van der Waals surface area contributed by atoms with E-state index in [1.165, 1.54) is 0 Å². The maximum atomic E-state index is 12.2.